The van der Waals surface area contributed by atoms with Crippen molar-refractivity contribution in [2.24, 2.45) is 22.1 Å². The van der Waals surface area contributed by atoms with E-state index >= 15 is 0 Å². The third kappa shape index (κ3) is 7.11. The molecule has 0 unspecified atom stereocenters. The van der Waals surface area contributed by atoms with E-state index in [4.69, 9.17) is 5.73 Å². The van der Waals surface area contributed by atoms with E-state index < -0.39 is 0 Å². The van der Waals surface area contributed by atoms with Gasteiger partial charge in [-0.05, 0) is 51.4 Å². The number of nitrogens with two attached hydrogens (primary N) is 1. The lowest BCUT2D eigenvalue weighted by molar-refractivity contribution is 0.397. The molecule has 17 heavy (non-hydrogen) atoms. The summed E-state index contributed by atoms with van der Waals surface area (Å²) < 4.78 is 0. The van der Waals surface area contributed by atoms with Crippen LogP contribution in [0.25, 0.3) is 0 Å². The van der Waals surface area contributed by atoms with E-state index in [0.717, 1.165) is 12.5 Å². The van der Waals surface area contributed by atoms with E-state index in [0.29, 0.717) is 11.4 Å². The average molecular weight is 353 g/mol. The van der Waals surface area contributed by atoms with Gasteiger partial charge in [-0.25, -0.2) is 0 Å². The SMILES string of the molecule is CC(C)CC1(CN=C(N)NC(C)(C)C)CC1.I. The standard InChI is InChI=1S/C13H27N3.HI/c1-10(2)8-13(6-7-13)9-15-11(14)16-12(3,4)5;/h10H,6-9H2,1-5H3,(H3,14,15,16);1H. The monoisotopic (exact) mass is 353 g/mol. The summed E-state index contributed by atoms with van der Waals surface area (Å²) in [5.41, 5.74) is 6.34. The van der Waals surface area contributed by atoms with Crippen LogP contribution in [0.3, 0.4) is 0 Å². The van der Waals surface area contributed by atoms with Gasteiger partial charge in [0.05, 0.1) is 0 Å². The summed E-state index contributed by atoms with van der Waals surface area (Å²) in [5, 5.41) is 3.20. The predicted octanol–water partition coefficient (Wildman–Crippen LogP) is 3.13. The van der Waals surface area contributed by atoms with E-state index in [-0.39, 0.29) is 29.5 Å². The molecule has 0 amide bonds. The van der Waals surface area contributed by atoms with E-state index in [1.165, 1.54) is 19.3 Å². The molecule has 0 aliphatic heterocycles. The van der Waals surface area contributed by atoms with Crippen LogP contribution in [0.2, 0.25) is 0 Å². The topological polar surface area (TPSA) is 50.4 Å². The number of aliphatic imine (C=N–C) groups is 1. The Kier molecular flexibility index (Phi) is 6.25. The molecule has 0 heterocycles. The van der Waals surface area contributed by atoms with Crippen LogP contribution in [-0.4, -0.2) is 18.0 Å². The molecule has 0 atom stereocenters. The number of nitrogens with one attached hydrogen (secondary N) is 1. The van der Waals surface area contributed by atoms with Crippen LogP contribution in [0, 0.1) is 11.3 Å². The summed E-state index contributed by atoms with van der Waals surface area (Å²) in [6.07, 6.45) is 3.91. The van der Waals surface area contributed by atoms with Crippen molar-refractivity contribution >= 4 is 29.9 Å². The second-order valence-electron chi connectivity index (χ2n) is 6.67. The number of halogens is 1. The third-order valence-electron chi connectivity index (χ3n) is 2.89. The number of hydrogen-bond acceptors (Lipinski definition) is 1. The molecule has 1 aliphatic carbocycles. The summed E-state index contributed by atoms with van der Waals surface area (Å²) in [6.45, 7) is 11.7. The van der Waals surface area contributed by atoms with Gasteiger partial charge in [-0.1, -0.05) is 13.8 Å². The highest BCUT2D eigenvalue weighted by Gasteiger charge is 2.42. The van der Waals surface area contributed by atoms with Crippen LogP contribution < -0.4 is 11.1 Å². The highest BCUT2D eigenvalue weighted by atomic mass is 127. The Bertz CT molecular complexity index is 262. The van der Waals surface area contributed by atoms with Gasteiger partial charge >= 0.3 is 0 Å². The molecule has 0 aromatic heterocycles. The fourth-order valence-corrected chi connectivity index (χ4v) is 2.15. The smallest absolute Gasteiger partial charge is 0.189 e. The molecule has 0 radical (unpaired) electrons. The van der Waals surface area contributed by atoms with E-state index in [9.17, 15) is 0 Å². The van der Waals surface area contributed by atoms with Crippen molar-refractivity contribution in [3.63, 3.8) is 0 Å². The summed E-state index contributed by atoms with van der Waals surface area (Å²) in [7, 11) is 0. The van der Waals surface area contributed by atoms with Gasteiger partial charge in [0.15, 0.2) is 5.96 Å². The molecule has 3 nitrogen and oxygen atoms in total. The molecule has 0 saturated heterocycles. The Balaban J connectivity index is 0.00000256. The van der Waals surface area contributed by atoms with Crippen LogP contribution in [0.4, 0.5) is 0 Å². The summed E-state index contributed by atoms with van der Waals surface area (Å²) in [6, 6.07) is 0. The van der Waals surface area contributed by atoms with Gasteiger partial charge in [0.25, 0.3) is 0 Å². The minimum absolute atomic E-state index is 0. The summed E-state index contributed by atoms with van der Waals surface area (Å²) >= 11 is 0. The Labute approximate surface area is 123 Å². The second kappa shape index (κ2) is 6.25. The second-order valence-corrected chi connectivity index (χ2v) is 6.67. The van der Waals surface area contributed by atoms with Crippen LogP contribution in [-0.2, 0) is 0 Å². The van der Waals surface area contributed by atoms with Gasteiger partial charge < -0.3 is 11.1 Å². The van der Waals surface area contributed by atoms with Gasteiger partial charge in [0.2, 0.25) is 0 Å². The molecular weight excluding hydrogens is 325 g/mol. The van der Waals surface area contributed by atoms with Gasteiger partial charge in [0, 0.05) is 12.1 Å². The zero-order valence-electron chi connectivity index (χ0n) is 11.8. The van der Waals surface area contributed by atoms with Crippen molar-refractivity contribution in [3.8, 4) is 0 Å². The minimum atomic E-state index is 0. The Morgan fingerprint density at radius 1 is 1.35 bits per heavy atom. The highest BCUT2D eigenvalue weighted by Crippen LogP contribution is 2.50. The zero-order chi connectivity index (χ0) is 12.4. The number of guanidine groups is 1. The van der Waals surface area contributed by atoms with E-state index in [1.54, 1.807) is 0 Å². The zero-order valence-corrected chi connectivity index (χ0v) is 14.2. The number of rotatable bonds is 4. The Hall–Kier alpha value is 0. The normalized spacial score (nSPS) is 18.8. The molecule has 102 valence electrons. The first-order chi connectivity index (χ1) is 7.22. The maximum atomic E-state index is 5.86. The average Bonchev–Trinajstić information content (AvgIpc) is 2.78. The van der Waals surface area contributed by atoms with E-state index in [1.807, 2.05) is 0 Å². The lowest BCUT2D eigenvalue weighted by Gasteiger charge is -2.22. The first kappa shape index (κ1) is 17.0. The van der Waals surface area contributed by atoms with E-state index in [2.05, 4.69) is 44.9 Å². The van der Waals surface area contributed by atoms with Gasteiger partial charge in [-0.3, -0.25) is 4.99 Å². The fourth-order valence-electron chi connectivity index (χ4n) is 2.15. The fraction of sp³-hybridized carbons (Fsp3) is 0.923. The molecule has 1 aliphatic rings. The van der Waals surface area contributed by atoms with Gasteiger partial charge in [-0.15, -0.1) is 24.0 Å². The predicted molar refractivity (Wildman–Crippen MR) is 85.9 cm³/mol. The molecular formula is C13H28IN3. The maximum absolute atomic E-state index is 5.86. The largest absolute Gasteiger partial charge is 0.370 e. The van der Waals surface area contributed by atoms with Crippen LogP contribution in [0.1, 0.15) is 53.9 Å². The van der Waals surface area contributed by atoms with Crippen LogP contribution in [0.5, 0.6) is 0 Å². The lowest BCUT2D eigenvalue weighted by atomic mass is 9.94. The van der Waals surface area contributed by atoms with Crippen molar-refractivity contribution in [2.45, 2.75) is 59.4 Å². The molecule has 1 saturated carbocycles. The van der Waals surface area contributed by atoms with Crippen LogP contribution in [0.15, 0.2) is 4.99 Å². The number of nitrogens with zero attached hydrogens (tertiary/aromatic N) is 1. The van der Waals surface area contributed by atoms with Crippen LogP contribution >= 0.6 is 24.0 Å². The van der Waals surface area contributed by atoms with Crippen molar-refractivity contribution in [2.75, 3.05) is 6.54 Å². The molecule has 1 rings (SSSR count). The maximum Gasteiger partial charge on any atom is 0.189 e. The molecule has 4 heteroatoms. The first-order valence-corrected chi connectivity index (χ1v) is 6.31. The quantitative estimate of drug-likeness (QED) is 0.464. The number of hydrogen-bond donors (Lipinski definition) is 2. The minimum Gasteiger partial charge on any atom is -0.370 e. The first-order valence-electron chi connectivity index (χ1n) is 6.31. The Morgan fingerprint density at radius 2 is 1.88 bits per heavy atom. The molecule has 0 aromatic carbocycles. The van der Waals surface area contributed by atoms with Crippen molar-refractivity contribution in [3.05, 3.63) is 0 Å². The van der Waals surface area contributed by atoms with Crippen molar-refractivity contribution < 1.29 is 0 Å². The van der Waals surface area contributed by atoms with Crippen molar-refractivity contribution in [1.29, 1.82) is 0 Å². The summed E-state index contributed by atoms with van der Waals surface area (Å²) in [4.78, 5) is 4.48. The third-order valence-corrected chi connectivity index (χ3v) is 2.89. The van der Waals surface area contributed by atoms with Crippen molar-refractivity contribution in [1.82, 2.24) is 5.32 Å². The van der Waals surface area contributed by atoms with Gasteiger partial charge in [-0.2, -0.15) is 0 Å². The Morgan fingerprint density at radius 3 is 2.24 bits per heavy atom. The molecule has 1 fully saturated rings. The molecule has 0 bridgehead atoms. The van der Waals surface area contributed by atoms with Gasteiger partial charge in [0.1, 0.15) is 0 Å². The highest BCUT2D eigenvalue weighted by molar-refractivity contribution is 14.0. The molecule has 3 N–H and O–H groups in total. The molecule has 0 aromatic rings. The lowest BCUT2D eigenvalue weighted by Crippen LogP contribution is -2.45. The molecule has 0 spiro atoms. The summed E-state index contributed by atoms with van der Waals surface area (Å²) in [5.74, 6) is 1.34.